The predicted molar refractivity (Wildman–Crippen MR) is 91.1 cm³/mol. The molecule has 1 aromatic carbocycles. The highest BCUT2D eigenvalue weighted by molar-refractivity contribution is 6.09. The number of benzene rings is 1. The van der Waals surface area contributed by atoms with Crippen LogP contribution in [0.5, 0.6) is 11.5 Å². The van der Waals surface area contributed by atoms with Crippen molar-refractivity contribution in [2.75, 3.05) is 12.1 Å². The van der Waals surface area contributed by atoms with E-state index in [1.807, 2.05) is 0 Å². The third-order valence-corrected chi connectivity index (χ3v) is 3.97. The molecule has 0 aliphatic carbocycles. The van der Waals surface area contributed by atoms with Gasteiger partial charge < -0.3 is 20.1 Å². The number of rotatable bonds is 5. The van der Waals surface area contributed by atoms with Gasteiger partial charge in [-0.1, -0.05) is 0 Å². The molecule has 0 saturated carbocycles. The molecule has 3 rings (SSSR count). The molecule has 2 heterocycles. The summed E-state index contributed by atoms with van der Waals surface area (Å²) in [6.07, 6.45) is 3.30. The van der Waals surface area contributed by atoms with Crippen molar-refractivity contribution in [1.29, 1.82) is 0 Å². The number of fused-ring (bicyclic) bond motifs is 1. The van der Waals surface area contributed by atoms with Crippen molar-refractivity contribution in [2.45, 2.75) is 20.4 Å². The van der Waals surface area contributed by atoms with Gasteiger partial charge >= 0.3 is 0 Å². The maximum Gasteiger partial charge on any atom is 0.239 e. The molecule has 2 amide bonds. The number of nitrogens with zero attached hydrogens (tertiary/aromatic N) is 1. The minimum atomic E-state index is -1.23. The average Bonchev–Trinajstić information content (AvgIpc) is 3.08. The summed E-state index contributed by atoms with van der Waals surface area (Å²) in [5.41, 5.74) is 0.225. The molecule has 2 N–H and O–H groups in total. The van der Waals surface area contributed by atoms with Gasteiger partial charge in [0.2, 0.25) is 18.6 Å². The van der Waals surface area contributed by atoms with Gasteiger partial charge in [0.05, 0.1) is 0 Å². The van der Waals surface area contributed by atoms with Gasteiger partial charge in [-0.05, 0) is 43.7 Å². The Hall–Kier alpha value is -3.09. The van der Waals surface area contributed by atoms with Gasteiger partial charge in [0.25, 0.3) is 0 Å². The molecule has 2 aromatic rings. The van der Waals surface area contributed by atoms with Crippen LogP contribution in [0.2, 0.25) is 0 Å². The fourth-order valence-corrected chi connectivity index (χ4v) is 2.27. The van der Waals surface area contributed by atoms with Gasteiger partial charge in [-0.25, -0.2) is 0 Å². The van der Waals surface area contributed by atoms with E-state index in [0.717, 1.165) is 5.56 Å². The fraction of sp³-hybridized carbons (Fsp3) is 0.278. The first-order valence-electron chi connectivity index (χ1n) is 7.85. The smallest absolute Gasteiger partial charge is 0.239 e. The molecule has 0 spiro atoms. The van der Waals surface area contributed by atoms with Gasteiger partial charge in [-0.3, -0.25) is 14.6 Å². The van der Waals surface area contributed by atoms with Crippen LogP contribution < -0.4 is 20.1 Å². The summed E-state index contributed by atoms with van der Waals surface area (Å²) in [5.74, 6) is 0.436. The highest BCUT2D eigenvalue weighted by atomic mass is 16.7. The molecule has 1 aliphatic heterocycles. The molecule has 0 radical (unpaired) electrons. The van der Waals surface area contributed by atoms with Crippen LogP contribution >= 0.6 is 0 Å². The Kier molecular flexibility index (Phi) is 4.56. The summed E-state index contributed by atoms with van der Waals surface area (Å²) in [6, 6.07) is 8.70. The number of hydrogen-bond donors (Lipinski definition) is 2. The van der Waals surface area contributed by atoms with Crippen LogP contribution in [0.25, 0.3) is 0 Å². The Labute approximate surface area is 145 Å². The summed E-state index contributed by atoms with van der Waals surface area (Å²) < 4.78 is 10.5. The van der Waals surface area contributed by atoms with E-state index in [9.17, 15) is 9.59 Å². The van der Waals surface area contributed by atoms with Gasteiger partial charge in [-0.2, -0.15) is 0 Å². The van der Waals surface area contributed by atoms with E-state index in [4.69, 9.17) is 9.47 Å². The van der Waals surface area contributed by atoms with Crippen molar-refractivity contribution < 1.29 is 19.1 Å². The molecular formula is C18H19N3O4. The van der Waals surface area contributed by atoms with Crippen LogP contribution in [0.15, 0.2) is 42.7 Å². The maximum atomic E-state index is 12.5. The minimum absolute atomic E-state index is 0.162. The van der Waals surface area contributed by atoms with Crippen molar-refractivity contribution in [3.63, 3.8) is 0 Å². The van der Waals surface area contributed by atoms with Crippen LogP contribution in [0.3, 0.4) is 0 Å². The van der Waals surface area contributed by atoms with Crippen LogP contribution in [0.4, 0.5) is 5.69 Å². The van der Waals surface area contributed by atoms with Crippen LogP contribution in [0, 0.1) is 5.41 Å². The lowest BCUT2D eigenvalue weighted by Crippen LogP contribution is -2.44. The van der Waals surface area contributed by atoms with E-state index < -0.39 is 11.3 Å². The number of amides is 2. The first-order valence-corrected chi connectivity index (χ1v) is 7.85. The van der Waals surface area contributed by atoms with Gasteiger partial charge in [0.1, 0.15) is 5.41 Å². The Bertz CT molecular complexity index is 790. The number of carbonyl (C=O) groups excluding carboxylic acids is 2. The second-order valence-corrected chi connectivity index (χ2v) is 6.19. The van der Waals surface area contributed by atoms with Crippen molar-refractivity contribution >= 4 is 17.5 Å². The molecule has 25 heavy (non-hydrogen) atoms. The minimum Gasteiger partial charge on any atom is -0.454 e. The van der Waals surface area contributed by atoms with E-state index in [1.165, 1.54) is 0 Å². The molecule has 0 atom stereocenters. The lowest BCUT2D eigenvalue weighted by molar-refractivity contribution is -0.138. The summed E-state index contributed by atoms with van der Waals surface area (Å²) in [4.78, 5) is 28.9. The maximum absolute atomic E-state index is 12.5. The highest BCUT2D eigenvalue weighted by Crippen LogP contribution is 2.34. The Balaban J connectivity index is 1.62. The number of anilines is 1. The molecule has 130 valence electrons. The third kappa shape index (κ3) is 3.71. The highest BCUT2D eigenvalue weighted by Gasteiger charge is 2.36. The lowest BCUT2D eigenvalue weighted by atomic mass is 9.90. The number of hydrogen-bond acceptors (Lipinski definition) is 5. The number of ether oxygens (including phenoxy) is 2. The first kappa shape index (κ1) is 16.8. The topological polar surface area (TPSA) is 89.6 Å². The van der Waals surface area contributed by atoms with Gasteiger partial charge in [0, 0.05) is 30.7 Å². The van der Waals surface area contributed by atoms with E-state index >= 15 is 0 Å². The van der Waals surface area contributed by atoms with E-state index in [2.05, 4.69) is 15.6 Å². The second kappa shape index (κ2) is 6.80. The van der Waals surface area contributed by atoms with Crippen LogP contribution in [0.1, 0.15) is 19.4 Å². The SMILES string of the molecule is CC(C)(C(=O)NCc1ccncc1)C(=O)Nc1ccc2c(c1)OCO2. The van der Waals surface area contributed by atoms with Crippen molar-refractivity contribution in [3.05, 3.63) is 48.3 Å². The van der Waals surface area contributed by atoms with Gasteiger partial charge in [0.15, 0.2) is 11.5 Å². The molecule has 7 heteroatoms. The second-order valence-electron chi connectivity index (χ2n) is 6.19. The number of aromatic nitrogens is 1. The molecule has 0 saturated heterocycles. The zero-order chi connectivity index (χ0) is 17.9. The fourth-order valence-electron chi connectivity index (χ4n) is 2.27. The summed E-state index contributed by atoms with van der Waals surface area (Å²) in [7, 11) is 0. The van der Waals surface area contributed by atoms with Crippen molar-refractivity contribution in [2.24, 2.45) is 5.41 Å². The van der Waals surface area contributed by atoms with E-state index in [1.54, 1.807) is 56.6 Å². The van der Waals surface area contributed by atoms with Crippen molar-refractivity contribution in [1.82, 2.24) is 10.3 Å². The summed E-state index contributed by atoms with van der Waals surface area (Å²) in [6.45, 7) is 3.66. The zero-order valence-corrected chi connectivity index (χ0v) is 14.0. The first-order chi connectivity index (χ1) is 12.0. The Morgan fingerprint density at radius 2 is 1.80 bits per heavy atom. The normalized spacial score (nSPS) is 12.6. The number of pyridine rings is 1. The largest absolute Gasteiger partial charge is 0.454 e. The Morgan fingerprint density at radius 1 is 1.08 bits per heavy atom. The Morgan fingerprint density at radius 3 is 2.56 bits per heavy atom. The number of carbonyl (C=O) groups is 2. The average molecular weight is 341 g/mol. The quantitative estimate of drug-likeness (QED) is 0.813. The van der Waals surface area contributed by atoms with Crippen LogP contribution in [-0.4, -0.2) is 23.6 Å². The predicted octanol–water partition coefficient (Wildman–Crippen LogP) is 2.09. The monoisotopic (exact) mass is 341 g/mol. The molecule has 0 unspecified atom stereocenters. The zero-order valence-electron chi connectivity index (χ0n) is 14.0. The van der Waals surface area contributed by atoms with E-state index in [-0.39, 0.29) is 12.7 Å². The molecule has 1 aromatic heterocycles. The summed E-state index contributed by atoms with van der Waals surface area (Å²) in [5, 5.41) is 5.52. The van der Waals surface area contributed by atoms with Crippen LogP contribution in [-0.2, 0) is 16.1 Å². The standard InChI is InChI=1S/C18H19N3O4/c1-18(2,16(22)20-10-12-5-7-19-8-6-12)17(23)21-13-3-4-14-15(9-13)25-11-24-14/h3-9H,10-11H2,1-2H3,(H,20,22)(H,21,23). The van der Waals surface area contributed by atoms with E-state index in [0.29, 0.717) is 23.7 Å². The third-order valence-electron chi connectivity index (χ3n) is 3.97. The lowest BCUT2D eigenvalue weighted by Gasteiger charge is -2.22. The molecular weight excluding hydrogens is 322 g/mol. The molecule has 7 nitrogen and oxygen atoms in total. The summed E-state index contributed by atoms with van der Waals surface area (Å²) >= 11 is 0. The molecule has 0 fully saturated rings. The molecule has 0 bridgehead atoms. The molecule has 1 aliphatic rings. The van der Waals surface area contributed by atoms with Crippen molar-refractivity contribution in [3.8, 4) is 11.5 Å². The van der Waals surface area contributed by atoms with Gasteiger partial charge in [-0.15, -0.1) is 0 Å². The number of nitrogens with one attached hydrogen (secondary N) is 2.